The third kappa shape index (κ3) is 57.5. The average molecular weight is 1000 g/mol. The second-order valence-corrected chi connectivity index (χ2v) is 20.2. The number of unbranched alkanes of at least 4 members (excludes halogenated alkanes) is 30. The summed E-state index contributed by atoms with van der Waals surface area (Å²) in [5, 5.41) is 0. The van der Waals surface area contributed by atoms with Gasteiger partial charge in [-0.15, -0.1) is 0 Å². The minimum absolute atomic E-state index is 0.0997. The Balaban J connectivity index is 4.47. The van der Waals surface area contributed by atoms with Gasteiger partial charge in [-0.1, -0.05) is 279 Å². The molecular formula is C66H114O6. The maximum absolute atomic E-state index is 12.9. The summed E-state index contributed by atoms with van der Waals surface area (Å²) in [6.45, 7) is 6.49. The summed E-state index contributed by atoms with van der Waals surface area (Å²) in [4.78, 5) is 38.2. The van der Waals surface area contributed by atoms with Crippen LogP contribution in [-0.4, -0.2) is 37.2 Å². The van der Waals surface area contributed by atoms with Crippen LogP contribution in [0.2, 0.25) is 0 Å². The minimum Gasteiger partial charge on any atom is -0.462 e. The fourth-order valence-corrected chi connectivity index (χ4v) is 8.58. The van der Waals surface area contributed by atoms with Crippen molar-refractivity contribution in [3.05, 3.63) is 85.1 Å². The Morgan fingerprint density at radius 1 is 0.292 bits per heavy atom. The van der Waals surface area contributed by atoms with Crippen LogP contribution in [0.1, 0.15) is 297 Å². The van der Waals surface area contributed by atoms with E-state index in [0.29, 0.717) is 19.3 Å². The van der Waals surface area contributed by atoms with E-state index < -0.39 is 6.10 Å². The molecule has 0 saturated carbocycles. The molecule has 0 aromatic carbocycles. The first-order valence-electron chi connectivity index (χ1n) is 30.6. The first-order chi connectivity index (χ1) is 35.5. The van der Waals surface area contributed by atoms with Gasteiger partial charge in [0.1, 0.15) is 13.2 Å². The standard InChI is InChI=1S/C66H114O6/c1-4-7-10-13-16-19-22-25-28-31-33-36-38-41-44-47-50-53-56-59-65(68)71-62-63(61-70-64(67)58-55-52-49-46-43-40-37-34-30-27-24-21-18-15-12-9-6-3)72-66(69)60-57-54-51-48-45-42-39-35-32-29-26-23-20-17-14-11-8-5-2/h7,10,16,19,25,27-28,30,33,36,41,44,50,53,63H,4-6,8-9,11-15,17-18,20-24,26,29,31-32,34-35,37-40,42-43,45-49,51-52,54-62H2,1-3H3/b10-7+,19-16+,28-25+,30-27+,36-33+,44-41+,53-50+/t63-/m1/s1. The van der Waals surface area contributed by atoms with Crippen molar-refractivity contribution in [1.82, 2.24) is 0 Å². The van der Waals surface area contributed by atoms with E-state index in [1.165, 1.54) is 173 Å². The molecule has 0 aromatic heterocycles. The van der Waals surface area contributed by atoms with Gasteiger partial charge in [0.05, 0.1) is 0 Å². The largest absolute Gasteiger partial charge is 0.462 e. The predicted molar refractivity (Wildman–Crippen MR) is 311 cm³/mol. The molecule has 0 radical (unpaired) electrons. The first-order valence-corrected chi connectivity index (χ1v) is 30.6. The van der Waals surface area contributed by atoms with Crippen LogP contribution in [0.5, 0.6) is 0 Å². The molecule has 72 heavy (non-hydrogen) atoms. The van der Waals surface area contributed by atoms with Gasteiger partial charge in [-0.3, -0.25) is 14.4 Å². The average Bonchev–Trinajstić information content (AvgIpc) is 3.38. The van der Waals surface area contributed by atoms with Gasteiger partial charge in [0.25, 0.3) is 0 Å². The molecule has 0 aliphatic carbocycles. The monoisotopic (exact) mass is 1000 g/mol. The molecule has 0 amide bonds. The van der Waals surface area contributed by atoms with E-state index in [-0.39, 0.29) is 37.5 Å². The lowest BCUT2D eigenvalue weighted by molar-refractivity contribution is -0.166. The van der Waals surface area contributed by atoms with Crippen LogP contribution < -0.4 is 0 Å². The van der Waals surface area contributed by atoms with Gasteiger partial charge in [0.15, 0.2) is 6.10 Å². The van der Waals surface area contributed by atoms with Crippen molar-refractivity contribution in [3.63, 3.8) is 0 Å². The van der Waals surface area contributed by atoms with Crippen molar-refractivity contribution in [2.24, 2.45) is 0 Å². The number of carbonyl (C=O) groups is 3. The molecular weight excluding hydrogens is 889 g/mol. The second kappa shape index (κ2) is 60.1. The highest BCUT2D eigenvalue weighted by Gasteiger charge is 2.19. The topological polar surface area (TPSA) is 78.9 Å². The van der Waals surface area contributed by atoms with Crippen molar-refractivity contribution >= 4 is 17.9 Å². The number of carbonyl (C=O) groups excluding carboxylic acids is 3. The molecule has 0 aliphatic rings. The van der Waals surface area contributed by atoms with Crippen molar-refractivity contribution in [3.8, 4) is 0 Å². The lowest BCUT2D eigenvalue weighted by Gasteiger charge is -2.18. The van der Waals surface area contributed by atoms with Crippen LogP contribution in [0, 0.1) is 0 Å². The van der Waals surface area contributed by atoms with Crippen LogP contribution in [0.15, 0.2) is 85.1 Å². The van der Waals surface area contributed by atoms with Crippen LogP contribution in [0.25, 0.3) is 0 Å². The molecule has 6 heteroatoms. The van der Waals surface area contributed by atoms with E-state index in [2.05, 4.69) is 99.8 Å². The molecule has 0 heterocycles. The van der Waals surface area contributed by atoms with Gasteiger partial charge in [0, 0.05) is 19.3 Å². The molecule has 6 nitrogen and oxygen atoms in total. The third-order valence-corrected chi connectivity index (χ3v) is 13.1. The van der Waals surface area contributed by atoms with Crippen molar-refractivity contribution < 1.29 is 28.6 Å². The number of hydrogen-bond acceptors (Lipinski definition) is 6. The Bertz CT molecular complexity index is 1380. The lowest BCUT2D eigenvalue weighted by Crippen LogP contribution is -2.30. The molecule has 1 atom stereocenters. The zero-order valence-corrected chi connectivity index (χ0v) is 47.4. The highest BCUT2D eigenvalue weighted by Crippen LogP contribution is 2.16. The number of esters is 3. The van der Waals surface area contributed by atoms with Gasteiger partial charge < -0.3 is 14.2 Å². The summed E-state index contributed by atoms with van der Waals surface area (Å²) >= 11 is 0. The smallest absolute Gasteiger partial charge is 0.306 e. The fourth-order valence-electron chi connectivity index (χ4n) is 8.58. The van der Waals surface area contributed by atoms with Crippen molar-refractivity contribution in [2.75, 3.05) is 13.2 Å². The molecule has 0 rings (SSSR count). The molecule has 0 spiro atoms. The second-order valence-electron chi connectivity index (χ2n) is 20.2. The molecule has 0 unspecified atom stereocenters. The maximum Gasteiger partial charge on any atom is 0.306 e. The van der Waals surface area contributed by atoms with Crippen LogP contribution in [0.4, 0.5) is 0 Å². The maximum atomic E-state index is 12.9. The SMILES string of the molecule is CC/C=C/C/C=C/C/C=C/C/C=C/C/C=C/C/C=C/CCC(=O)OC[C@@H](COC(=O)CCCCCCCCC/C=C/CCCCCCCC)OC(=O)CCCCCCCCCCCCCCCCCCCC. The molecule has 0 saturated heterocycles. The Labute approximate surface area is 445 Å². The first kappa shape index (κ1) is 68.6. The Hall–Kier alpha value is -3.41. The summed E-state index contributed by atoms with van der Waals surface area (Å²) in [5.74, 6) is -0.979. The van der Waals surface area contributed by atoms with Crippen molar-refractivity contribution in [2.45, 2.75) is 303 Å². The zero-order valence-electron chi connectivity index (χ0n) is 47.4. The van der Waals surface area contributed by atoms with Crippen LogP contribution >= 0.6 is 0 Å². The normalized spacial score (nSPS) is 12.7. The Kier molecular flexibility index (Phi) is 57.3. The molecule has 0 fully saturated rings. The zero-order chi connectivity index (χ0) is 52.2. The lowest BCUT2D eigenvalue weighted by atomic mass is 10.0. The number of allylic oxidation sites excluding steroid dienone is 14. The van der Waals surface area contributed by atoms with E-state index >= 15 is 0 Å². The third-order valence-electron chi connectivity index (χ3n) is 13.1. The van der Waals surface area contributed by atoms with Gasteiger partial charge in [-0.2, -0.15) is 0 Å². The number of hydrogen-bond donors (Lipinski definition) is 0. The Morgan fingerprint density at radius 2 is 0.569 bits per heavy atom. The van der Waals surface area contributed by atoms with Crippen molar-refractivity contribution in [1.29, 1.82) is 0 Å². The summed E-state index contributed by atoms with van der Waals surface area (Å²) in [6.07, 6.45) is 78.8. The summed E-state index contributed by atoms with van der Waals surface area (Å²) in [5.41, 5.74) is 0. The molecule has 0 aromatic rings. The highest BCUT2D eigenvalue weighted by molar-refractivity contribution is 5.71. The Morgan fingerprint density at radius 3 is 0.931 bits per heavy atom. The van der Waals surface area contributed by atoms with E-state index in [1.54, 1.807) is 0 Å². The van der Waals surface area contributed by atoms with Gasteiger partial charge in [-0.25, -0.2) is 0 Å². The van der Waals surface area contributed by atoms with Gasteiger partial charge in [-0.05, 0) is 83.5 Å². The van der Waals surface area contributed by atoms with E-state index in [4.69, 9.17) is 14.2 Å². The molecule has 0 bridgehead atoms. The molecule has 414 valence electrons. The van der Waals surface area contributed by atoms with Crippen LogP contribution in [-0.2, 0) is 28.6 Å². The fraction of sp³-hybridized carbons (Fsp3) is 0.742. The van der Waals surface area contributed by atoms with E-state index in [0.717, 1.165) is 77.0 Å². The van der Waals surface area contributed by atoms with Crippen LogP contribution in [0.3, 0.4) is 0 Å². The van der Waals surface area contributed by atoms with Gasteiger partial charge in [0.2, 0.25) is 0 Å². The van der Waals surface area contributed by atoms with Gasteiger partial charge >= 0.3 is 17.9 Å². The quantitative estimate of drug-likeness (QED) is 0.0261. The predicted octanol–water partition coefficient (Wildman–Crippen LogP) is 20.7. The van der Waals surface area contributed by atoms with E-state index in [1.807, 2.05) is 6.08 Å². The van der Waals surface area contributed by atoms with E-state index in [9.17, 15) is 14.4 Å². The number of ether oxygens (including phenoxy) is 3. The molecule has 0 N–H and O–H groups in total. The molecule has 0 aliphatic heterocycles. The number of rotatable bonds is 55. The summed E-state index contributed by atoms with van der Waals surface area (Å²) in [6, 6.07) is 0. The summed E-state index contributed by atoms with van der Waals surface area (Å²) in [7, 11) is 0. The minimum atomic E-state index is -0.808. The highest BCUT2D eigenvalue weighted by atomic mass is 16.6. The summed E-state index contributed by atoms with van der Waals surface area (Å²) < 4.78 is 16.8.